The Bertz CT molecular complexity index is 1340. The largest absolute Gasteiger partial charge is 0.507 e. The van der Waals surface area contributed by atoms with Gasteiger partial charge in [-0.1, -0.05) is 24.3 Å². The number of nitrogens with zero attached hydrogens (tertiary/aromatic N) is 6. The third kappa shape index (κ3) is 5.53. The number of phenols is 2. The molecule has 12 heteroatoms. The second-order valence-corrected chi connectivity index (χ2v) is 8.10. The van der Waals surface area contributed by atoms with Crippen LogP contribution in [-0.2, 0) is 12.8 Å². The maximum atomic E-state index is 9.91. The first-order chi connectivity index (χ1) is 16.5. The molecule has 4 aromatic rings. The minimum absolute atomic E-state index is 0.140. The molecule has 0 amide bonds. The van der Waals surface area contributed by atoms with Crippen LogP contribution < -0.4 is 0 Å². The number of rotatable bonds is 9. The molecule has 0 atom stereocenters. The molecule has 4 N–H and O–H groups in total. The van der Waals surface area contributed by atoms with E-state index in [0.29, 0.717) is 45.2 Å². The molecule has 0 aliphatic rings. The van der Waals surface area contributed by atoms with Crippen molar-refractivity contribution < 1.29 is 10.2 Å². The van der Waals surface area contributed by atoms with Gasteiger partial charge in [-0.3, -0.25) is 10.2 Å². The average Bonchev–Trinajstić information content (AvgIpc) is 3.37. The van der Waals surface area contributed by atoms with E-state index in [2.05, 4.69) is 30.6 Å². The SMILES string of the molecule is Oc1ccccc1/C=N/n1c(CCCCc2n[nH]c(=S)n2/N=C/c2ccccc2O)n[nH]c1=S. The molecule has 2 aromatic heterocycles. The van der Waals surface area contributed by atoms with Crippen molar-refractivity contribution in [2.24, 2.45) is 10.2 Å². The molecule has 0 saturated carbocycles. The summed E-state index contributed by atoms with van der Waals surface area (Å²) in [6.45, 7) is 0. The number of phenolic OH excluding ortho intramolecular Hbond substituents is 2. The first kappa shape index (κ1) is 23.3. The summed E-state index contributed by atoms with van der Waals surface area (Å²) in [5.74, 6) is 1.66. The minimum atomic E-state index is 0.140. The lowest BCUT2D eigenvalue weighted by atomic mass is 10.2. The summed E-state index contributed by atoms with van der Waals surface area (Å²) in [7, 11) is 0. The van der Waals surface area contributed by atoms with Crippen molar-refractivity contribution in [3.63, 3.8) is 0 Å². The molecule has 10 nitrogen and oxygen atoms in total. The Hall–Kier alpha value is -3.90. The molecule has 174 valence electrons. The summed E-state index contributed by atoms with van der Waals surface area (Å²) >= 11 is 10.6. The second kappa shape index (κ2) is 10.8. The predicted octanol–water partition coefficient (Wildman–Crippen LogP) is 3.94. The fraction of sp³-hybridized carbons (Fsp3) is 0.182. The minimum Gasteiger partial charge on any atom is -0.507 e. The number of benzene rings is 2. The van der Waals surface area contributed by atoms with Crippen LogP contribution in [0.3, 0.4) is 0 Å². The highest BCUT2D eigenvalue weighted by Crippen LogP contribution is 2.15. The Morgan fingerprint density at radius 2 is 1.15 bits per heavy atom. The Morgan fingerprint density at radius 1 is 0.735 bits per heavy atom. The molecule has 34 heavy (non-hydrogen) atoms. The number of nitrogens with one attached hydrogen (secondary N) is 2. The molecule has 2 aromatic carbocycles. The van der Waals surface area contributed by atoms with Crippen molar-refractivity contribution >= 4 is 36.9 Å². The number of aromatic nitrogens is 6. The molecule has 0 aliphatic heterocycles. The van der Waals surface area contributed by atoms with E-state index in [-0.39, 0.29) is 11.5 Å². The lowest BCUT2D eigenvalue weighted by molar-refractivity contribution is 0.474. The highest BCUT2D eigenvalue weighted by Gasteiger charge is 2.08. The van der Waals surface area contributed by atoms with Crippen LogP contribution in [0.4, 0.5) is 0 Å². The number of hydrogen-bond acceptors (Lipinski definition) is 8. The van der Waals surface area contributed by atoms with Gasteiger partial charge in [0.1, 0.15) is 11.5 Å². The third-order valence-electron chi connectivity index (χ3n) is 4.98. The van der Waals surface area contributed by atoms with Crippen LogP contribution in [0.15, 0.2) is 58.7 Å². The molecule has 0 unspecified atom stereocenters. The predicted molar refractivity (Wildman–Crippen MR) is 134 cm³/mol. The number of aromatic amines is 2. The van der Waals surface area contributed by atoms with Crippen LogP contribution >= 0.6 is 24.4 Å². The van der Waals surface area contributed by atoms with E-state index in [1.807, 2.05) is 12.1 Å². The topological polar surface area (TPSA) is 132 Å². The summed E-state index contributed by atoms with van der Waals surface area (Å²) in [6.07, 6.45) is 5.97. The molecular formula is C22H22N8O2S2. The molecule has 0 saturated heterocycles. The highest BCUT2D eigenvalue weighted by atomic mass is 32.1. The molecule has 2 heterocycles. The molecule has 0 radical (unpaired) electrons. The van der Waals surface area contributed by atoms with Gasteiger partial charge in [-0.2, -0.15) is 29.8 Å². The Balaban J connectivity index is 1.38. The first-order valence-electron chi connectivity index (χ1n) is 10.5. The Kier molecular flexibility index (Phi) is 7.40. The maximum absolute atomic E-state index is 9.91. The first-order valence-corrected chi connectivity index (χ1v) is 11.3. The smallest absolute Gasteiger partial charge is 0.216 e. The lowest BCUT2D eigenvalue weighted by Gasteiger charge is -2.03. The van der Waals surface area contributed by atoms with E-state index in [1.165, 1.54) is 0 Å². The van der Waals surface area contributed by atoms with E-state index in [9.17, 15) is 10.2 Å². The lowest BCUT2D eigenvalue weighted by Crippen LogP contribution is -2.02. The van der Waals surface area contributed by atoms with Crippen LogP contribution in [0.5, 0.6) is 11.5 Å². The van der Waals surface area contributed by atoms with Gasteiger partial charge in [0.05, 0.1) is 12.4 Å². The zero-order chi connectivity index (χ0) is 23.9. The molecule has 4 rings (SSSR count). The van der Waals surface area contributed by atoms with Gasteiger partial charge in [-0.15, -0.1) is 0 Å². The van der Waals surface area contributed by atoms with Crippen molar-refractivity contribution in [1.29, 1.82) is 0 Å². The van der Waals surface area contributed by atoms with E-state index in [1.54, 1.807) is 58.2 Å². The van der Waals surface area contributed by atoms with Gasteiger partial charge in [-0.25, -0.2) is 0 Å². The van der Waals surface area contributed by atoms with Gasteiger partial charge in [0.25, 0.3) is 0 Å². The van der Waals surface area contributed by atoms with Gasteiger partial charge in [0, 0.05) is 24.0 Å². The molecule has 0 bridgehead atoms. The van der Waals surface area contributed by atoms with Gasteiger partial charge in [-0.05, 0) is 61.5 Å². The van der Waals surface area contributed by atoms with E-state index >= 15 is 0 Å². The summed E-state index contributed by atoms with van der Waals surface area (Å²) in [5.41, 5.74) is 1.17. The summed E-state index contributed by atoms with van der Waals surface area (Å²) in [5, 5.41) is 42.6. The second-order valence-electron chi connectivity index (χ2n) is 7.33. The van der Waals surface area contributed by atoms with Crippen LogP contribution in [0, 0.1) is 9.54 Å². The number of hydrogen-bond donors (Lipinski definition) is 4. The van der Waals surface area contributed by atoms with E-state index < -0.39 is 0 Å². The van der Waals surface area contributed by atoms with E-state index in [0.717, 1.165) is 12.8 Å². The fourth-order valence-electron chi connectivity index (χ4n) is 3.21. The Labute approximate surface area is 204 Å². The summed E-state index contributed by atoms with van der Waals surface area (Å²) in [6, 6.07) is 13.8. The Morgan fingerprint density at radius 3 is 1.56 bits per heavy atom. The van der Waals surface area contributed by atoms with E-state index in [4.69, 9.17) is 24.4 Å². The molecule has 0 spiro atoms. The average molecular weight is 495 g/mol. The van der Waals surface area contributed by atoms with Crippen molar-refractivity contribution in [1.82, 2.24) is 29.7 Å². The van der Waals surface area contributed by atoms with Crippen LogP contribution in [0.2, 0.25) is 0 Å². The highest BCUT2D eigenvalue weighted by molar-refractivity contribution is 7.71. The normalized spacial score (nSPS) is 11.6. The summed E-state index contributed by atoms with van der Waals surface area (Å²) in [4.78, 5) is 0. The van der Waals surface area contributed by atoms with Crippen molar-refractivity contribution in [2.45, 2.75) is 25.7 Å². The van der Waals surface area contributed by atoms with Crippen molar-refractivity contribution in [3.8, 4) is 11.5 Å². The number of aromatic hydroxyl groups is 2. The zero-order valence-electron chi connectivity index (χ0n) is 18.0. The van der Waals surface area contributed by atoms with Crippen molar-refractivity contribution in [2.75, 3.05) is 0 Å². The van der Waals surface area contributed by atoms with Crippen LogP contribution in [-0.4, -0.2) is 52.4 Å². The quantitative estimate of drug-likeness (QED) is 0.158. The van der Waals surface area contributed by atoms with Gasteiger partial charge >= 0.3 is 0 Å². The molecule has 0 fully saturated rings. The monoisotopic (exact) mass is 494 g/mol. The maximum Gasteiger partial charge on any atom is 0.216 e. The van der Waals surface area contributed by atoms with Crippen molar-refractivity contribution in [3.05, 3.63) is 80.8 Å². The molecular weight excluding hydrogens is 472 g/mol. The number of aryl methyl sites for hydroxylation is 2. The standard InChI is InChI=1S/C22H22N8O2S2/c31-17-9-3-1-7-15(17)13-23-29-19(25-27-21(29)33)11-5-6-12-20-26-28-22(34)30(20)24-14-16-8-2-4-10-18(16)32/h1-4,7-10,13-14,31-32H,5-6,11-12H2,(H,27,33)(H,28,34)/b23-13+,24-14+. The fourth-order valence-corrected chi connectivity index (χ4v) is 3.61. The number of H-pyrrole nitrogens is 2. The van der Waals surface area contributed by atoms with Crippen LogP contribution in [0.25, 0.3) is 0 Å². The van der Waals surface area contributed by atoms with Crippen LogP contribution in [0.1, 0.15) is 35.6 Å². The van der Waals surface area contributed by atoms with Gasteiger partial charge < -0.3 is 10.2 Å². The third-order valence-corrected chi connectivity index (χ3v) is 5.51. The number of unbranched alkanes of at least 4 members (excludes halogenated alkanes) is 1. The summed E-state index contributed by atoms with van der Waals surface area (Å²) < 4.78 is 3.85. The molecule has 0 aliphatic carbocycles. The zero-order valence-corrected chi connectivity index (χ0v) is 19.6. The van der Waals surface area contributed by atoms with Gasteiger partial charge in [0.2, 0.25) is 9.54 Å². The van der Waals surface area contributed by atoms with Gasteiger partial charge in [0.15, 0.2) is 11.6 Å². The number of para-hydroxylation sites is 2.